The smallest absolute Gasteiger partial charge is 0.370 e. The number of halogens is 8. The molecule has 8 aliphatic carbocycles. The highest BCUT2D eigenvalue weighted by atomic mass is 32.2. The highest BCUT2D eigenvalue weighted by Crippen LogP contribution is 2.50. The molecule has 8 fully saturated rings. The summed E-state index contributed by atoms with van der Waals surface area (Å²) in [7, 11) is -23.6. The van der Waals surface area contributed by atoms with Gasteiger partial charge in [0.25, 0.3) is 0 Å². The van der Waals surface area contributed by atoms with Gasteiger partial charge in [0.05, 0.1) is 46.8 Å². The van der Waals surface area contributed by atoms with Crippen LogP contribution in [0.5, 0.6) is 0 Å². The fourth-order valence-corrected chi connectivity index (χ4v) is 13.1. The minimum absolute atomic E-state index is 0.0846. The molecule has 8 aliphatic rings. The van der Waals surface area contributed by atoms with E-state index in [4.69, 9.17) is 18.9 Å². The van der Waals surface area contributed by atoms with Gasteiger partial charge in [0.1, 0.15) is 26.4 Å². The van der Waals surface area contributed by atoms with Gasteiger partial charge in [-0.25, -0.2) is 52.8 Å². The van der Waals surface area contributed by atoms with Crippen molar-refractivity contribution in [2.45, 2.75) is 327 Å². The van der Waals surface area contributed by atoms with E-state index in [1.165, 1.54) is 38.5 Å². The largest absolute Gasteiger partial charge is 0.743 e. The van der Waals surface area contributed by atoms with Gasteiger partial charge in [0, 0.05) is 5.92 Å². The number of rotatable bonds is 25. The SMILES string of the molecule is CC(OC(=O)COC1CC1C1(O)CCCC1)C(F)(F)S(=O)(=O)[O-].CC(OC(=O)COC1CCC1)C(F)(F)S(=O)(=O)[O-].CC(OC(=O)COC1CCCC1)C(F)(F)S(=O)(=O)[O-].CC(OC(=O)COC1CCCCC1)C(F)(F)S(=O)(=O)[O-].CC1(O)CCCC1.CC1(O)CCCC1.CC1(O)CCCC1. The van der Waals surface area contributed by atoms with Crippen molar-refractivity contribution in [1.82, 2.24) is 0 Å². The second kappa shape index (κ2) is 40.0. The lowest BCUT2D eigenvalue weighted by Crippen LogP contribution is -2.42. The van der Waals surface area contributed by atoms with Crippen LogP contribution in [-0.2, 0) is 97.5 Å². The number of ether oxygens (including phenoxy) is 8. The number of carbonyl (C=O) groups is 4. The number of hydrogen-bond donors (Lipinski definition) is 4. The molecule has 28 nitrogen and oxygen atoms in total. The zero-order chi connectivity index (χ0) is 77.5. The van der Waals surface area contributed by atoms with Gasteiger partial charge in [-0.2, -0.15) is 35.1 Å². The van der Waals surface area contributed by atoms with Gasteiger partial charge in [0.2, 0.25) is 0 Å². The molecule has 596 valence electrons. The number of esters is 4. The van der Waals surface area contributed by atoms with Crippen LogP contribution >= 0.6 is 0 Å². The zero-order valence-corrected chi connectivity index (χ0v) is 61.0. The highest BCUT2D eigenvalue weighted by molar-refractivity contribution is 7.87. The van der Waals surface area contributed by atoms with Gasteiger partial charge in [-0.3, -0.25) is 0 Å². The molecule has 40 heteroatoms. The maximum atomic E-state index is 13.2. The van der Waals surface area contributed by atoms with Crippen LogP contribution in [0.1, 0.15) is 235 Å². The van der Waals surface area contributed by atoms with E-state index in [0.717, 1.165) is 128 Å². The third-order valence-corrected chi connectivity index (χ3v) is 22.0. The van der Waals surface area contributed by atoms with E-state index in [1.54, 1.807) is 0 Å². The molecule has 6 unspecified atom stereocenters. The van der Waals surface area contributed by atoms with Crippen molar-refractivity contribution in [3.8, 4) is 0 Å². The van der Waals surface area contributed by atoms with Gasteiger partial charge >= 0.3 is 44.9 Å². The zero-order valence-electron chi connectivity index (χ0n) is 57.8. The van der Waals surface area contributed by atoms with Gasteiger partial charge in [-0.15, -0.1) is 0 Å². The van der Waals surface area contributed by atoms with E-state index >= 15 is 0 Å². The van der Waals surface area contributed by atoms with Gasteiger partial charge in [-0.1, -0.05) is 83.5 Å². The summed E-state index contributed by atoms with van der Waals surface area (Å²) < 4.78 is 266. The third kappa shape index (κ3) is 33.1. The summed E-state index contributed by atoms with van der Waals surface area (Å²) in [5.41, 5.74) is -1.70. The van der Waals surface area contributed by atoms with Crippen molar-refractivity contribution >= 4 is 64.3 Å². The van der Waals surface area contributed by atoms with E-state index in [1.807, 2.05) is 20.8 Å². The molecule has 101 heavy (non-hydrogen) atoms. The molecule has 0 amide bonds. The molecule has 6 atom stereocenters. The molecule has 0 radical (unpaired) electrons. The van der Waals surface area contributed by atoms with Crippen LogP contribution in [0.3, 0.4) is 0 Å². The molecule has 0 aromatic rings. The average molecular weight is 1560 g/mol. The maximum absolute atomic E-state index is 13.2. The second-order valence-electron chi connectivity index (χ2n) is 27.4. The van der Waals surface area contributed by atoms with Crippen LogP contribution in [0.15, 0.2) is 0 Å². The summed E-state index contributed by atoms with van der Waals surface area (Å²) in [4.78, 5) is 45.0. The van der Waals surface area contributed by atoms with Crippen molar-refractivity contribution in [2.75, 3.05) is 26.4 Å². The van der Waals surface area contributed by atoms with Crippen molar-refractivity contribution < 1.29 is 165 Å². The van der Waals surface area contributed by atoms with Gasteiger partial charge < -0.3 is 76.5 Å². The van der Waals surface area contributed by atoms with E-state index < -0.39 is 142 Å². The van der Waals surface area contributed by atoms with Crippen molar-refractivity contribution in [3.63, 3.8) is 0 Å². The Morgan fingerprint density at radius 1 is 0.366 bits per heavy atom. The van der Waals surface area contributed by atoms with Crippen molar-refractivity contribution in [2.24, 2.45) is 5.92 Å². The Labute approximate surface area is 585 Å². The molecule has 0 spiro atoms. The molecule has 0 aromatic heterocycles. The Balaban J connectivity index is 0.000000417. The maximum Gasteiger partial charge on any atom is 0.370 e. The Hall–Kier alpha value is -3.36. The van der Waals surface area contributed by atoms with Crippen LogP contribution in [-0.4, -0.2) is 215 Å². The average Bonchev–Trinajstić information content (AvgIpc) is 1.62. The summed E-state index contributed by atoms with van der Waals surface area (Å²) in [6.45, 7) is 6.04. The first kappa shape index (κ1) is 93.7. The van der Waals surface area contributed by atoms with Crippen LogP contribution in [0.4, 0.5) is 35.1 Å². The predicted octanol–water partition coefficient (Wildman–Crippen LogP) is 7.75. The summed E-state index contributed by atoms with van der Waals surface area (Å²) in [6.07, 6.45) is 17.7. The minimum atomic E-state index is -5.93. The quantitative estimate of drug-likeness (QED) is 0.0293. The molecule has 0 saturated heterocycles. The Morgan fingerprint density at radius 3 is 0.772 bits per heavy atom. The Kier molecular flexibility index (Phi) is 37.1. The Bertz CT molecular complexity index is 2960. The van der Waals surface area contributed by atoms with Crippen LogP contribution in [0.2, 0.25) is 0 Å². The van der Waals surface area contributed by atoms with Crippen LogP contribution < -0.4 is 0 Å². The second-order valence-corrected chi connectivity index (χ2v) is 33.2. The monoisotopic (exact) mass is 1560 g/mol. The first-order chi connectivity index (χ1) is 46.0. The summed E-state index contributed by atoms with van der Waals surface area (Å²) in [6, 6.07) is 0. The standard InChI is InChI=1S/C13H20F2O7S.C11H18F2O6S.C10H16F2O6S.C9H14F2O6S.3C6H12O/c1-8(13(14,15)23(18,19)20)22-11(16)7-21-10-6-9(10)12(17)4-2-3-5-12;1-8(11(12,13)20(15,16)17)19-10(14)7-18-9-5-3-2-4-6-9;1-7(10(11,12)19(14,15)16)18-9(13)6-17-8-4-2-3-5-8;1-6(9(10,11)18(13,14)15)17-8(12)5-16-7-3-2-4-7;3*1-6(7)4-2-3-5-6/h8-10,17H,2-7H2,1H3,(H,18,19,20);8-9H,2-7H2,1H3,(H,15,16,17);7-8H,2-6H2,1H3,(H,14,15,16);6-7H,2-5H2,1H3,(H,13,14,15);3*7H,2-5H2,1H3/p-4. The fraction of sp³-hybridized carbons (Fsp3) is 0.934. The van der Waals surface area contributed by atoms with Crippen molar-refractivity contribution in [3.05, 3.63) is 0 Å². The van der Waals surface area contributed by atoms with E-state index in [0.29, 0.717) is 47.0 Å². The molecule has 8 saturated carbocycles. The third-order valence-electron chi connectivity index (χ3n) is 18.0. The molecule has 0 heterocycles. The van der Waals surface area contributed by atoms with Crippen molar-refractivity contribution in [1.29, 1.82) is 0 Å². The lowest BCUT2D eigenvalue weighted by molar-refractivity contribution is -0.168. The number of carbonyl (C=O) groups excluding carboxylic acids is 4. The fourth-order valence-electron chi connectivity index (χ4n) is 11.3. The van der Waals surface area contributed by atoms with Crippen LogP contribution in [0.25, 0.3) is 0 Å². The molecular weight excluding hydrogens is 1460 g/mol. The van der Waals surface area contributed by atoms with Gasteiger partial charge in [0.15, 0.2) is 64.9 Å². The molecule has 4 N–H and O–H groups in total. The highest BCUT2D eigenvalue weighted by Gasteiger charge is 2.55. The first-order valence-electron chi connectivity index (χ1n) is 33.5. The minimum Gasteiger partial charge on any atom is -0.743 e. The van der Waals surface area contributed by atoms with Gasteiger partial charge in [-0.05, 0) is 151 Å². The summed E-state index contributed by atoms with van der Waals surface area (Å²) in [5.74, 6) is -4.64. The predicted molar refractivity (Wildman–Crippen MR) is 334 cm³/mol. The Morgan fingerprint density at radius 2 is 0.574 bits per heavy atom. The van der Waals surface area contributed by atoms with E-state index in [-0.39, 0.29) is 47.1 Å². The summed E-state index contributed by atoms with van der Waals surface area (Å²) in [5, 5.41) is 19.2. The molecule has 0 aliphatic heterocycles. The topological polar surface area (TPSA) is 452 Å². The number of alkyl halides is 8. The van der Waals surface area contributed by atoms with Crippen LogP contribution in [0, 0.1) is 5.92 Å². The van der Waals surface area contributed by atoms with E-state index in [2.05, 4.69) is 18.9 Å². The lowest BCUT2D eigenvalue weighted by atomic mass is 9.96. The molecule has 8 rings (SSSR count). The summed E-state index contributed by atoms with van der Waals surface area (Å²) >= 11 is 0. The lowest BCUT2D eigenvalue weighted by Gasteiger charge is -2.27. The molecule has 0 aromatic carbocycles. The number of hydrogen-bond acceptors (Lipinski definition) is 28. The molecular formula is C61H100F8O28S4-4. The normalized spacial score (nSPS) is 23.3. The molecule has 0 bridgehead atoms. The number of aliphatic hydroxyl groups is 4. The van der Waals surface area contributed by atoms with E-state index in [9.17, 15) is 127 Å². The first-order valence-corrected chi connectivity index (χ1v) is 39.1.